The van der Waals surface area contributed by atoms with Gasteiger partial charge in [0.15, 0.2) is 10.8 Å². The fourth-order valence-corrected chi connectivity index (χ4v) is 4.88. The van der Waals surface area contributed by atoms with Crippen molar-refractivity contribution in [2.24, 2.45) is 0 Å². The van der Waals surface area contributed by atoms with Crippen molar-refractivity contribution in [2.75, 3.05) is 5.32 Å². The third-order valence-electron chi connectivity index (χ3n) is 4.06. The second kappa shape index (κ2) is 8.27. The molecule has 0 aliphatic rings. The number of halogens is 3. The Morgan fingerprint density at radius 1 is 1.23 bits per heavy atom. The number of nitrogens with zero attached hydrogens (tertiary/aromatic N) is 3. The zero-order valence-electron chi connectivity index (χ0n) is 15.1. The molecule has 152 valence electrons. The number of nitrogens with one attached hydrogen (secondary N) is 1. The van der Waals surface area contributed by atoms with E-state index in [9.17, 15) is 14.0 Å². The predicted molar refractivity (Wildman–Crippen MR) is 118 cm³/mol. The van der Waals surface area contributed by atoms with Crippen LogP contribution in [0.25, 0.3) is 16.9 Å². The summed E-state index contributed by atoms with van der Waals surface area (Å²) in [5.74, 6) is -1.28. The molecule has 0 spiro atoms. The third-order valence-corrected chi connectivity index (χ3v) is 6.31. The number of hydrogen-bond acceptors (Lipinski definition) is 6. The molecule has 0 radical (unpaired) electrons. The highest BCUT2D eigenvalue weighted by Crippen LogP contribution is 2.39. The van der Waals surface area contributed by atoms with Crippen LogP contribution in [0.2, 0.25) is 8.67 Å². The molecule has 0 aliphatic heterocycles. The second-order valence-corrected chi connectivity index (χ2v) is 9.24. The molecule has 0 bridgehead atoms. The number of para-hydroxylation sites is 1. The smallest absolute Gasteiger partial charge is 0.281 e. The van der Waals surface area contributed by atoms with Crippen LogP contribution in [-0.4, -0.2) is 20.7 Å². The van der Waals surface area contributed by atoms with Crippen LogP contribution in [0.5, 0.6) is 0 Å². The Bertz CT molecular complexity index is 1330. The fourth-order valence-electron chi connectivity index (χ4n) is 2.70. The monoisotopic (exact) mass is 480 g/mol. The van der Waals surface area contributed by atoms with Crippen molar-refractivity contribution in [3.8, 4) is 16.9 Å². The maximum atomic E-state index is 14.2. The molecular formula is C19H11Cl2FN4O2S2. The average molecular weight is 481 g/mol. The topological polar surface area (TPSA) is 76.9 Å². The molecule has 11 heteroatoms. The van der Waals surface area contributed by atoms with E-state index in [0.29, 0.717) is 25.6 Å². The van der Waals surface area contributed by atoms with Crippen molar-refractivity contribution in [3.05, 3.63) is 77.9 Å². The summed E-state index contributed by atoms with van der Waals surface area (Å²) in [5.41, 5.74) is 0.758. The van der Waals surface area contributed by atoms with Gasteiger partial charge in [0, 0.05) is 22.7 Å². The Balaban J connectivity index is 1.65. The van der Waals surface area contributed by atoms with Gasteiger partial charge < -0.3 is 0 Å². The molecule has 0 saturated heterocycles. The highest BCUT2D eigenvalue weighted by molar-refractivity contribution is 7.20. The van der Waals surface area contributed by atoms with Gasteiger partial charge >= 0.3 is 0 Å². The molecule has 0 fully saturated rings. The van der Waals surface area contributed by atoms with Crippen molar-refractivity contribution in [1.82, 2.24) is 14.8 Å². The van der Waals surface area contributed by atoms with Crippen LogP contribution >= 0.6 is 45.9 Å². The molecule has 0 atom stereocenters. The molecule has 4 aromatic rings. The number of amides is 1. The Labute approximate surface area is 187 Å². The SMILES string of the molecule is Cc1cc(=O)c(C(=O)Nc2nc(-c3cc(Cl)sc3Cl)cs2)nn1-c1ccccc1F. The van der Waals surface area contributed by atoms with Gasteiger partial charge in [-0.25, -0.2) is 14.1 Å². The molecule has 1 aromatic carbocycles. The summed E-state index contributed by atoms with van der Waals surface area (Å²) in [6, 6.07) is 8.86. The minimum Gasteiger partial charge on any atom is -0.296 e. The minimum atomic E-state index is -0.750. The van der Waals surface area contributed by atoms with E-state index in [1.165, 1.54) is 40.3 Å². The summed E-state index contributed by atoms with van der Waals surface area (Å²) >= 11 is 14.5. The molecule has 30 heavy (non-hydrogen) atoms. The standard InChI is InChI=1S/C19H11Cl2FN4O2S2/c1-9-6-14(27)16(25-26(9)13-5-3-2-4-11(13)22)18(28)24-19-23-12(8-29-19)10-7-15(20)30-17(10)21/h2-8H,1H3,(H,23,24,28). The number of aryl methyl sites for hydroxylation is 1. The van der Waals surface area contributed by atoms with Crippen molar-refractivity contribution in [2.45, 2.75) is 6.92 Å². The molecule has 1 N–H and O–H groups in total. The zero-order chi connectivity index (χ0) is 21.4. The van der Waals surface area contributed by atoms with Gasteiger partial charge in [-0.1, -0.05) is 35.3 Å². The Hall–Kier alpha value is -2.59. The number of aromatic nitrogens is 3. The van der Waals surface area contributed by atoms with Crippen LogP contribution in [0.1, 0.15) is 16.2 Å². The fraction of sp³-hybridized carbons (Fsp3) is 0.0526. The molecule has 6 nitrogen and oxygen atoms in total. The van der Waals surface area contributed by atoms with Crippen LogP contribution in [0, 0.1) is 12.7 Å². The van der Waals surface area contributed by atoms with Gasteiger partial charge in [-0.05, 0) is 25.1 Å². The van der Waals surface area contributed by atoms with Gasteiger partial charge in [0.05, 0.1) is 10.0 Å². The van der Waals surface area contributed by atoms with E-state index in [4.69, 9.17) is 23.2 Å². The molecule has 0 aliphatic carbocycles. The predicted octanol–water partition coefficient (Wildman–Crippen LogP) is 5.42. The Morgan fingerprint density at radius 3 is 2.70 bits per heavy atom. The normalized spacial score (nSPS) is 10.9. The first kappa shape index (κ1) is 20.7. The number of anilines is 1. The summed E-state index contributed by atoms with van der Waals surface area (Å²) < 4.78 is 16.4. The lowest BCUT2D eigenvalue weighted by atomic mass is 10.2. The van der Waals surface area contributed by atoms with Gasteiger partial charge in [-0.3, -0.25) is 14.9 Å². The number of hydrogen-bond donors (Lipinski definition) is 1. The summed E-state index contributed by atoms with van der Waals surface area (Å²) in [6.45, 7) is 1.60. The van der Waals surface area contributed by atoms with Crippen molar-refractivity contribution < 1.29 is 9.18 Å². The van der Waals surface area contributed by atoms with E-state index in [-0.39, 0.29) is 16.5 Å². The number of thiazole rings is 1. The number of carbonyl (C=O) groups is 1. The molecule has 0 unspecified atom stereocenters. The van der Waals surface area contributed by atoms with Gasteiger partial charge in [0.25, 0.3) is 5.91 Å². The first-order valence-electron chi connectivity index (χ1n) is 8.41. The number of benzene rings is 1. The summed E-state index contributed by atoms with van der Waals surface area (Å²) in [5, 5.41) is 8.59. The van der Waals surface area contributed by atoms with Crippen LogP contribution in [0.15, 0.2) is 46.6 Å². The average Bonchev–Trinajstić information content (AvgIpc) is 3.28. The quantitative estimate of drug-likeness (QED) is 0.422. The highest BCUT2D eigenvalue weighted by atomic mass is 35.5. The van der Waals surface area contributed by atoms with E-state index in [1.54, 1.807) is 24.4 Å². The van der Waals surface area contributed by atoms with E-state index in [2.05, 4.69) is 15.4 Å². The molecule has 1 amide bonds. The van der Waals surface area contributed by atoms with E-state index < -0.39 is 17.2 Å². The van der Waals surface area contributed by atoms with Gasteiger partial charge in [0.2, 0.25) is 5.43 Å². The molecular weight excluding hydrogens is 470 g/mol. The second-order valence-electron chi connectivity index (χ2n) is 6.09. The summed E-state index contributed by atoms with van der Waals surface area (Å²) in [6.07, 6.45) is 0. The highest BCUT2D eigenvalue weighted by Gasteiger charge is 2.19. The Kier molecular flexibility index (Phi) is 5.70. The molecule has 4 rings (SSSR count). The first-order valence-corrected chi connectivity index (χ1v) is 10.9. The van der Waals surface area contributed by atoms with E-state index in [0.717, 1.165) is 11.3 Å². The lowest BCUT2D eigenvalue weighted by Gasteiger charge is -2.11. The maximum Gasteiger partial charge on any atom is 0.281 e. The number of rotatable bonds is 4. The van der Waals surface area contributed by atoms with Gasteiger partial charge in [0.1, 0.15) is 15.8 Å². The van der Waals surface area contributed by atoms with E-state index >= 15 is 0 Å². The molecule has 0 saturated carbocycles. The van der Waals surface area contributed by atoms with Crippen LogP contribution in [0.4, 0.5) is 9.52 Å². The van der Waals surface area contributed by atoms with E-state index in [1.807, 2.05) is 0 Å². The lowest BCUT2D eigenvalue weighted by molar-refractivity contribution is 0.101. The largest absolute Gasteiger partial charge is 0.296 e. The van der Waals surface area contributed by atoms with Crippen molar-refractivity contribution in [1.29, 1.82) is 0 Å². The van der Waals surface area contributed by atoms with Crippen molar-refractivity contribution >= 4 is 56.9 Å². The van der Waals surface area contributed by atoms with Crippen molar-refractivity contribution in [3.63, 3.8) is 0 Å². The third kappa shape index (κ3) is 4.01. The maximum absolute atomic E-state index is 14.2. The number of thiophene rings is 1. The first-order chi connectivity index (χ1) is 14.3. The van der Waals surface area contributed by atoms with Crippen LogP contribution < -0.4 is 10.7 Å². The zero-order valence-corrected chi connectivity index (χ0v) is 18.3. The van der Waals surface area contributed by atoms with Crippen LogP contribution in [-0.2, 0) is 0 Å². The minimum absolute atomic E-state index is 0.129. The molecule has 3 aromatic heterocycles. The Morgan fingerprint density at radius 2 is 2.00 bits per heavy atom. The summed E-state index contributed by atoms with van der Waals surface area (Å²) in [4.78, 5) is 29.3. The molecule has 3 heterocycles. The van der Waals surface area contributed by atoms with Gasteiger partial charge in [-0.2, -0.15) is 5.10 Å². The lowest BCUT2D eigenvalue weighted by Crippen LogP contribution is -2.27. The summed E-state index contributed by atoms with van der Waals surface area (Å²) in [7, 11) is 0. The number of carbonyl (C=O) groups excluding carboxylic acids is 1. The van der Waals surface area contributed by atoms with Gasteiger partial charge in [-0.15, -0.1) is 22.7 Å². The van der Waals surface area contributed by atoms with Crippen LogP contribution in [0.3, 0.4) is 0 Å².